The van der Waals surface area contributed by atoms with Crippen molar-refractivity contribution in [1.82, 2.24) is 0 Å². The molecule has 1 atom stereocenters. The molecule has 0 aliphatic carbocycles. The third-order valence-corrected chi connectivity index (χ3v) is 5.52. The average Bonchev–Trinajstić information content (AvgIpc) is 2.96. The highest BCUT2D eigenvalue weighted by atomic mass is 16.5. The number of carbonyl (C=O) groups is 1. The number of hydrogen-bond acceptors (Lipinski definition) is 4. The van der Waals surface area contributed by atoms with Gasteiger partial charge in [-0.3, -0.25) is 4.79 Å². The fraction of sp³-hybridized carbons (Fsp3) is 0.458. The Hall–Kier alpha value is -2.69. The first-order chi connectivity index (χ1) is 13.6. The molecule has 5 heteroatoms. The van der Waals surface area contributed by atoms with Gasteiger partial charge in [-0.1, -0.05) is 6.07 Å². The van der Waals surface area contributed by atoms with Gasteiger partial charge in [-0.15, -0.1) is 0 Å². The number of benzene rings is 2. The third kappa shape index (κ3) is 4.34. The van der Waals surface area contributed by atoms with Crippen LogP contribution < -0.4 is 14.2 Å². The monoisotopic (exact) mass is 398 g/mol. The predicted octanol–water partition coefficient (Wildman–Crippen LogP) is 5.18. The van der Waals surface area contributed by atoms with E-state index in [1.54, 1.807) is 6.92 Å². The summed E-state index contributed by atoms with van der Waals surface area (Å²) < 4.78 is 18.1. The molecule has 0 fully saturated rings. The number of hydrogen-bond donors (Lipinski definition) is 1. The van der Waals surface area contributed by atoms with Gasteiger partial charge in [-0.2, -0.15) is 0 Å². The number of aliphatic carboxylic acids is 1. The van der Waals surface area contributed by atoms with Crippen molar-refractivity contribution in [2.75, 3.05) is 6.61 Å². The summed E-state index contributed by atoms with van der Waals surface area (Å²) >= 11 is 0. The SMILES string of the molecule is CCOc1cc(COc2ccc(C(C)C(=O)O)c(C)c2C)c2c(c1)CC(C)(C)O2. The largest absolute Gasteiger partial charge is 0.494 e. The number of carboxylic acids is 1. The van der Waals surface area contributed by atoms with Crippen LogP contribution in [0, 0.1) is 13.8 Å². The Kier molecular flexibility index (Phi) is 5.78. The lowest BCUT2D eigenvalue weighted by Gasteiger charge is -2.19. The highest BCUT2D eigenvalue weighted by molar-refractivity contribution is 5.76. The molecule has 3 rings (SSSR count). The zero-order valence-corrected chi connectivity index (χ0v) is 18.1. The summed E-state index contributed by atoms with van der Waals surface area (Å²) in [4.78, 5) is 11.3. The van der Waals surface area contributed by atoms with E-state index in [2.05, 4.69) is 19.9 Å². The summed E-state index contributed by atoms with van der Waals surface area (Å²) in [6.45, 7) is 12.7. The molecule has 2 aromatic carbocycles. The van der Waals surface area contributed by atoms with Crippen LogP contribution in [0.3, 0.4) is 0 Å². The topological polar surface area (TPSA) is 65.0 Å². The Labute approximate surface area is 172 Å². The Morgan fingerprint density at radius 3 is 2.59 bits per heavy atom. The minimum atomic E-state index is -0.829. The lowest BCUT2D eigenvalue weighted by Crippen LogP contribution is -2.25. The van der Waals surface area contributed by atoms with Crippen molar-refractivity contribution >= 4 is 5.97 Å². The first kappa shape index (κ1) is 21.0. The molecule has 1 aliphatic heterocycles. The van der Waals surface area contributed by atoms with Crippen LogP contribution in [0.5, 0.6) is 17.2 Å². The van der Waals surface area contributed by atoms with Gasteiger partial charge in [-0.25, -0.2) is 0 Å². The molecule has 2 aromatic rings. The smallest absolute Gasteiger partial charge is 0.310 e. The fourth-order valence-corrected chi connectivity index (χ4v) is 3.84. The minimum Gasteiger partial charge on any atom is -0.494 e. The quantitative estimate of drug-likeness (QED) is 0.696. The molecule has 1 heterocycles. The van der Waals surface area contributed by atoms with Gasteiger partial charge in [0.2, 0.25) is 0 Å². The van der Waals surface area contributed by atoms with Crippen LogP contribution >= 0.6 is 0 Å². The summed E-state index contributed by atoms with van der Waals surface area (Å²) in [7, 11) is 0. The third-order valence-electron chi connectivity index (χ3n) is 5.52. The standard InChI is InChI=1S/C24H30O5/c1-7-27-19-10-17-12-24(5,6)29-22(17)18(11-19)13-28-21-9-8-20(14(2)15(21)3)16(4)23(25)26/h8-11,16H,7,12-13H2,1-6H3,(H,25,26). The molecule has 0 spiro atoms. The van der Waals surface area contributed by atoms with Crippen molar-refractivity contribution in [3.63, 3.8) is 0 Å². The van der Waals surface area contributed by atoms with Crippen molar-refractivity contribution in [1.29, 1.82) is 0 Å². The van der Waals surface area contributed by atoms with Crippen LogP contribution in [0.1, 0.15) is 61.4 Å². The maximum Gasteiger partial charge on any atom is 0.310 e. The van der Waals surface area contributed by atoms with Gasteiger partial charge in [0.25, 0.3) is 0 Å². The predicted molar refractivity (Wildman–Crippen MR) is 112 cm³/mol. The van der Waals surface area contributed by atoms with Gasteiger partial charge < -0.3 is 19.3 Å². The number of rotatable bonds is 7. The van der Waals surface area contributed by atoms with Gasteiger partial charge in [0.05, 0.1) is 12.5 Å². The highest BCUT2D eigenvalue weighted by Gasteiger charge is 2.32. The van der Waals surface area contributed by atoms with E-state index in [0.29, 0.717) is 13.2 Å². The van der Waals surface area contributed by atoms with Gasteiger partial charge >= 0.3 is 5.97 Å². The highest BCUT2D eigenvalue weighted by Crippen LogP contribution is 2.41. The van der Waals surface area contributed by atoms with Gasteiger partial charge in [0, 0.05) is 17.5 Å². The van der Waals surface area contributed by atoms with Crippen LogP contribution in [0.2, 0.25) is 0 Å². The molecule has 1 unspecified atom stereocenters. The summed E-state index contributed by atoms with van der Waals surface area (Å²) in [5, 5.41) is 9.32. The summed E-state index contributed by atoms with van der Waals surface area (Å²) in [5.74, 6) is 1.07. The molecule has 0 radical (unpaired) electrons. The molecule has 29 heavy (non-hydrogen) atoms. The molecular weight excluding hydrogens is 368 g/mol. The van der Waals surface area contributed by atoms with E-state index in [4.69, 9.17) is 14.2 Å². The minimum absolute atomic E-state index is 0.247. The lowest BCUT2D eigenvalue weighted by atomic mass is 9.93. The van der Waals surface area contributed by atoms with E-state index in [9.17, 15) is 9.90 Å². The Morgan fingerprint density at radius 1 is 1.21 bits per heavy atom. The second-order valence-corrected chi connectivity index (χ2v) is 8.29. The van der Waals surface area contributed by atoms with Gasteiger partial charge in [0.1, 0.15) is 29.5 Å². The molecule has 0 aromatic heterocycles. The molecular formula is C24H30O5. The van der Waals surface area contributed by atoms with Crippen LogP contribution in [0.25, 0.3) is 0 Å². The second-order valence-electron chi connectivity index (χ2n) is 8.29. The lowest BCUT2D eigenvalue weighted by molar-refractivity contribution is -0.138. The van der Waals surface area contributed by atoms with Crippen molar-refractivity contribution < 1.29 is 24.1 Å². The van der Waals surface area contributed by atoms with Crippen LogP contribution in [0.4, 0.5) is 0 Å². The number of fused-ring (bicyclic) bond motifs is 1. The van der Waals surface area contributed by atoms with Crippen molar-refractivity contribution in [3.8, 4) is 17.2 Å². The molecule has 0 amide bonds. The molecule has 0 saturated carbocycles. The maximum absolute atomic E-state index is 11.3. The molecule has 0 saturated heterocycles. The normalized spacial score (nSPS) is 15.4. The van der Waals surface area contributed by atoms with Crippen LogP contribution in [-0.4, -0.2) is 23.3 Å². The first-order valence-electron chi connectivity index (χ1n) is 10.1. The zero-order valence-electron chi connectivity index (χ0n) is 18.1. The molecule has 5 nitrogen and oxygen atoms in total. The van der Waals surface area contributed by atoms with E-state index >= 15 is 0 Å². The Balaban J connectivity index is 1.87. The zero-order chi connectivity index (χ0) is 21.3. The van der Waals surface area contributed by atoms with Crippen molar-refractivity contribution in [3.05, 3.63) is 52.1 Å². The van der Waals surface area contributed by atoms with Crippen LogP contribution in [-0.2, 0) is 17.8 Å². The van der Waals surface area contributed by atoms with Crippen molar-refractivity contribution in [2.24, 2.45) is 0 Å². The van der Waals surface area contributed by atoms with E-state index in [1.165, 1.54) is 0 Å². The number of ether oxygens (including phenoxy) is 3. The summed E-state index contributed by atoms with van der Waals surface area (Å²) in [6.07, 6.45) is 0.830. The van der Waals surface area contributed by atoms with E-state index in [0.717, 1.165) is 51.5 Å². The fourth-order valence-electron chi connectivity index (χ4n) is 3.84. The van der Waals surface area contributed by atoms with E-state index < -0.39 is 11.9 Å². The average molecular weight is 398 g/mol. The molecule has 1 N–H and O–H groups in total. The molecule has 156 valence electrons. The molecule has 0 bridgehead atoms. The Morgan fingerprint density at radius 2 is 1.93 bits per heavy atom. The van der Waals surface area contributed by atoms with E-state index in [-0.39, 0.29) is 5.60 Å². The summed E-state index contributed by atoms with van der Waals surface area (Å²) in [5.41, 5.74) is 4.56. The van der Waals surface area contributed by atoms with E-state index in [1.807, 2.05) is 39.0 Å². The summed E-state index contributed by atoms with van der Waals surface area (Å²) in [6, 6.07) is 7.73. The second kappa shape index (κ2) is 7.97. The van der Waals surface area contributed by atoms with Gasteiger partial charge in [-0.05, 0) is 76.4 Å². The Bertz CT molecular complexity index is 929. The van der Waals surface area contributed by atoms with Crippen LogP contribution in [0.15, 0.2) is 24.3 Å². The number of carboxylic acid groups (broad SMARTS) is 1. The maximum atomic E-state index is 11.3. The first-order valence-corrected chi connectivity index (χ1v) is 10.1. The molecule has 1 aliphatic rings. The van der Waals surface area contributed by atoms with Gasteiger partial charge in [0.15, 0.2) is 0 Å². The van der Waals surface area contributed by atoms with Crippen molar-refractivity contribution in [2.45, 2.75) is 66.1 Å².